The fourth-order valence-electron chi connectivity index (χ4n) is 3.61. The summed E-state index contributed by atoms with van der Waals surface area (Å²) in [6.45, 7) is 16.7. The van der Waals surface area contributed by atoms with Crippen LogP contribution in [0.3, 0.4) is 0 Å². The number of esters is 1. The molecule has 0 spiro atoms. The van der Waals surface area contributed by atoms with Gasteiger partial charge in [-0.3, -0.25) is 0 Å². The first-order valence-corrected chi connectivity index (χ1v) is 11.5. The second-order valence-corrected chi connectivity index (χ2v) is 11.0. The number of aryl methyl sites for hydroxylation is 1. The summed E-state index contributed by atoms with van der Waals surface area (Å²) < 4.78 is 12.3. The Morgan fingerprint density at radius 1 is 1.19 bits per heavy atom. The summed E-state index contributed by atoms with van der Waals surface area (Å²) in [7, 11) is 0. The molecule has 2 rings (SSSR count). The number of aromatic carboxylic acids is 1. The third kappa shape index (κ3) is 6.42. The lowest BCUT2D eigenvalue weighted by Gasteiger charge is -2.40. The number of rotatable bonds is 6. The van der Waals surface area contributed by atoms with E-state index in [4.69, 9.17) is 9.47 Å². The minimum Gasteiger partial charge on any atom is -0.476 e. The van der Waals surface area contributed by atoms with E-state index in [0.29, 0.717) is 15.9 Å². The van der Waals surface area contributed by atoms with Gasteiger partial charge in [0, 0.05) is 18.7 Å². The van der Waals surface area contributed by atoms with Crippen molar-refractivity contribution in [2.24, 2.45) is 5.41 Å². The van der Waals surface area contributed by atoms with Crippen molar-refractivity contribution in [3.05, 3.63) is 21.4 Å². The molecule has 31 heavy (non-hydrogen) atoms. The largest absolute Gasteiger partial charge is 0.476 e. The number of pyridine rings is 1. The van der Waals surface area contributed by atoms with E-state index < -0.39 is 23.6 Å². The molecule has 1 aliphatic heterocycles. The van der Waals surface area contributed by atoms with Crippen LogP contribution in [-0.2, 0) is 14.3 Å². The molecular weight excluding hydrogens is 464 g/mol. The molecule has 0 bridgehead atoms. The van der Waals surface area contributed by atoms with Crippen LogP contribution in [0.5, 0.6) is 0 Å². The molecule has 0 radical (unpaired) electrons. The summed E-state index contributed by atoms with van der Waals surface area (Å²) in [5, 5.41) is 9.99. The van der Waals surface area contributed by atoms with Crippen LogP contribution >= 0.6 is 15.9 Å². The van der Waals surface area contributed by atoms with Gasteiger partial charge in [0.15, 0.2) is 11.8 Å². The number of ether oxygens (including phenoxy) is 2. The zero-order chi connectivity index (χ0) is 23.7. The van der Waals surface area contributed by atoms with Gasteiger partial charge in [-0.2, -0.15) is 0 Å². The molecule has 174 valence electrons. The van der Waals surface area contributed by atoms with Crippen LogP contribution in [-0.4, -0.2) is 46.8 Å². The lowest BCUT2D eigenvalue weighted by molar-refractivity contribution is -0.171. The van der Waals surface area contributed by atoms with E-state index in [-0.39, 0.29) is 22.8 Å². The van der Waals surface area contributed by atoms with Crippen molar-refractivity contribution in [1.29, 1.82) is 0 Å². The highest BCUT2D eigenvalue weighted by molar-refractivity contribution is 9.10. The maximum atomic E-state index is 13.1. The third-order valence-electron chi connectivity index (χ3n) is 5.25. The number of carbonyl (C=O) groups is 2. The highest BCUT2D eigenvalue weighted by Crippen LogP contribution is 2.43. The van der Waals surface area contributed by atoms with Gasteiger partial charge in [-0.1, -0.05) is 13.8 Å². The Balaban J connectivity index is 2.74. The van der Waals surface area contributed by atoms with Gasteiger partial charge in [-0.25, -0.2) is 14.6 Å². The number of hydrogen-bond donors (Lipinski definition) is 1. The number of piperidine rings is 1. The minimum absolute atomic E-state index is 0.185. The van der Waals surface area contributed by atoms with Crippen molar-refractivity contribution in [3.8, 4) is 0 Å². The van der Waals surface area contributed by atoms with Gasteiger partial charge in [0.05, 0.1) is 27.6 Å². The standard InChI is InChI=1S/C23H35BrN2O5/c1-13(2)30-21(29)19(31-22(4,5)6)15-17(20(27)28)25-14(3)16(24)18(15)26-11-9-23(7,8)10-12-26/h13,19H,9-12H2,1-8H3,(H,27,28). The van der Waals surface area contributed by atoms with Crippen LogP contribution in [0, 0.1) is 12.3 Å². The molecule has 1 aliphatic rings. The summed E-state index contributed by atoms with van der Waals surface area (Å²) in [6, 6.07) is 0. The zero-order valence-electron chi connectivity index (χ0n) is 19.8. The average molecular weight is 499 g/mol. The van der Waals surface area contributed by atoms with Crippen LogP contribution in [0.25, 0.3) is 0 Å². The molecule has 7 nitrogen and oxygen atoms in total. The van der Waals surface area contributed by atoms with E-state index in [9.17, 15) is 14.7 Å². The highest BCUT2D eigenvalue weighted by atomic mass is 79.9. The van der Waals surface area contributed by atoms with Crippen LogP contribution in [0.1, 0.15) is 89.2 Å². The van der Waals surface area contributed by atoms with Crippen molar-refractivity contribution in [3.63, 3.8) is 0 Å². The van der Waals surface area contributed by atoms with E-state index in [1.165, 1.54) is 0 Å². The number of carboxylic acids is 1. The average Bonchev–Trinajstić information content (AvgIpc) is 2.60. The third-order valence-corrected chi connectivity index (χ3v) is 6.20. The van der Waals surface area contributed by atoms with Crippen molar-refractivity contribution >= 4 is 33.6 Å². The fourth-order valence-corrected chi connectivity index (χ4v) is 4.16. The molecule has 0 amide bonds. The van der Waals surface area contributed by atoms with Gasteiger partial charge < -0.3 is 19.5 Å². The molecule has 1 unspecified atom stereocenters. The summed E-state index contributed by atoms with van der Waals surface area (Å²) in [5.41, 5.74) is 0.747. The van der Waals surface area contributed by atoms with Crippen molar-refractivity contribution in [2.45, 2.75) is 86.0 Å². The number of carboxylic acid groups (broad SMARTS) is 1. The molecule has 1 N–H and O–H groups in total. The Labute approximate surface area is 193 Å². The summed E-state index contributed by atoms with van der Waals surface area (Å²) in [5.74, 6) is -1.83. The van der Waals surface area contributed by atoms with E-state index in [1.807, 2.05) is 20.8 Å². The molecule has 8 heteroatoms. The first kappa shape index (κ1) is 25.6. The van der Waals surface area contributed by atoms with Crippen LogP contribution in [0.4, 0.5) is 5.69 Å². The highest BCUT2D eigenvalue weighted by Gasteiger charge is 2.39. The molecule has 0 aliphatic carbocycles. The molecule has 1 aromatic rings. The number of nitrogens with zero attached hydrogens (tertiary/aromatic N) is 2. The minimum atomic E-state index is -1.22. The predicted molar refractivity (Wildman–Crippen MR) is 124 cm³/mol. The van der Waals surface area contributed by atoms with Crippen molar-refractivity contribution in [2.75, 3.05) is 18.0 Å². The number of carbonyl (C=O) groups excluding carboxylic acids is 1. The van der Waals surface area contributed by atoms with Gasteiger partial charge in [0.25, 0.3) is 0 Å². The molecular formula is C23H35BrN2O5. The zero-order valence-corrected chi connectivity index (χ0v) is 21.4. The van der Waals surface area contributed by atoms with Gasteiger partial charge >= 0.3 is 11.9 Å². The maximum absolute atomic E-state index is 13.1. The summed E-state index contributed by atoms with van der Waals surface area (Å²) in [4.78, 5) is 31.8. The second-order valence-electron chi connectivity index (χ2n) is 10.2. The van der Waals surface area contributed by atoms with Gasteiger partial charge in [0.2, 0.25) is 0 Å². The van der Waals surface area contributed by atoms with Crippen LogP contribution in [0.2, 0.25) is 0 Å². The first-order chi connectivity index (χ1) is 14.1. The molecule has 2 heterocycles. The Morgan fingerprint density at radius 2 is 1.74 bits per heavy atom. The first-order valence-electron chi connectivity index (χ1n) is 10.7. The monoisotopic (exact) mass is 498 g/mol. The number of anilines is 1. The van der Waals surface area contributed by atoms with Crippen LogP contribution < -0.4 is 4.90 Å². The van der Waals surface area contributed by atoms with E-state index in [0.717, 1.165) is 25.9 Å². The molecule has 1 saturated heterocycles. The van der Waals surface area contributed by atoms with Gasteiger partial charge in [-0.15, -0.1) is 0 Å². The number of hydrogen-bond acceptors (Lipinski definition) is 6. The fraction of sp³-hybridized carbons (Fsp3) is 0.696. The smallest absolute Gasteiger partial charge is 0.354 e. The Kier molecular flexibility index (Phi) is 7.80. The van der Waals surface area contributed by atoms with Gasteiger partial charge in [0.1, 0.15) is 0 Å². The van der Waals surface area contributed by atoms with Crippen LogP contribution in [0.15, 0.2) is 4.47 Å². The quantitative estimate of drug-likeness (QED) is 0.533. The molecule has 1 fully saturated rings. The van der Waals surface area contributed by atoms with E-state index in [2.05, 4.69) is 39.7 Å². The lowest BCUT2D eigenvalue weighted by Crippen LogP contribution is -2.40. The predicted octanol–water partition coefficient (Wildman–Crippen LogP) is 5.28. The van der Waals surface area contributed by atoms with Crippen molar-refractivity contribution < 1.29 is 24.2 Å². The molecule has 1 aromatic heterocycles. The van der Waals surface area contributed by atoms with E-state index in [1.54, 1.807) is 20.8 Å². The summed E-state index contributed by atoms with van der Waals surface area (Å²) >= 11 is 3.62. The Hall–Kier alpha value is -1.67. The second kappa shape index (κ2) is 9.45. The molecule has 0 aromatic carbocycles. The number of halogens is 1. The molecule has 1 atom stereocenters. The number of aromatic nitrogens is 1. The normalized spacial score (nSPS) is 17.5. The van der Waals surface area contributed by atoms with E-state index >= 15 is 0 Å². The Morgan fingerprint density at radius 3 is 2.19 bits per heavy atom. The summed E-state index contributed by atoms with van der Waals surface area (Å²) in [6.07, 6.45) is 0.309. The van der Waals surface area contributed by atoms with Gasteiger partial charge in [-0.05, 0) is 75.7 Å². The topological polar surface area (TPSA) is 89.0 Å². The SMILES string of the molecule is Cc1nc(C(=O)O)c(C(OC(C)(C)C)C(=O)OC(C)C)c(N2CCC(C)(C)CC2)c1Br. The lowest BCUT2D eigenvalue weighted by atomic mass is 9.82. The Bertz CT molecular complexity index is 835. The maximum Gasteiger partial charge on any atom is 0.354 e. The van der Waals surface area contributed by atoms with Crippen molar-refractivity contribution in [1.82, 2.24) is 4.98 Å². The molecule has 0 saturated carbocycles.